The van der Waals surface area contributed by atoms with Gasteiger partial charge in [0.15, 0.2) is 0 Å². The fourth-order valence-corrected chi connectivity index (χ4v) is 5.53. The number of rotatable bonds is 17. The third kappa shape index (κ3) is 10.6. The molecule has 0 fully saturated rings. The summed E-state index contributed by atoms with van der Waals surface area (Å²) in [6.45, 7) is 7.29. The first-order chi connectivity index (χ1) is 21.9. The smallest absolute Gasteiger partial charge is 0.305 e. The molecule has 0 heterocycles. The molecule has 236 valence electrons. The molecule has 0 aliphatic rings. The highest BCUT2D eigenvalue weighted by atomic mass is 16.5. The van der Waals surface area contributed by atoms with Gasteiger partial charge < -0.3 is 14.8 Å². The summed E-state index contributed by atoms with van der Waals surface area (Å²) in [5, 5.41) is 3.16. The number of unbranched alkanes of at least 4 members (excludes halogenated alkanes) is 4. The van der Waals surface area contributed by atoms with E-state index in [0.717, 1.165) is 52.6 Å². The van der Waals surface area contributed by atoms with Crippen molar-refractivity contribution >= 4 is 11.9 Å². The number of hydrogen-bond donors (Lipinski definition) is 1. The Labute approximate surface area is 269 Å². The minimum atomic E-state index is -0.224. The van der Waals surface area contributed by atoms with Crippen LogP contribution in [0.4, 0.5) is 0 Å². The van der Waals surface area contributed by atoms with Crippen LogP contribution in [-0.2, 0) is 16.0 Å². The Morgan fingerprint density at radius 2 is 1.31 bits per heavy atom. The molecule has 4 rings (SSSR count). The second-order valence-corrected chi connectivity index (χ2v) is 11.7. The van der Waals surface area contributed by atoms with Gasteiger partial charge in [-0.25, -0.2) is 0 Å². The molecule has 0 spiro atoms. The van der Waals surface area contributed by atoms with Crippen molar-refractivity contribution in [3.63, 3.8) is 0 Å². The summed E-state index contributed by atoms with van der Waals surface area (Å²) in [6, 6.07) is 31.0. The third-order valence-corrected chi connectivity index (χ3v) is 7.86. The van der Waals surface area contributed by atoms with E-state index in [0.29, 0.717) is 43.9 Å². The molecule has 1 N–H and O–H groups in total. The van der Waals surface area contributed by atoms with Gasteiger partial charge >= 0.3 is 5.97 Å². The molecule has 0 saturated heterocycles. The standard InChI is InChI=1S/C40H47NO4/c1-4-44-38(42)23-15-25-45-39-36(33-21-13-16-30(2)26-33)28-35(29-37(39)34-22-14-17-31(3)27-34)40(43)41-24-12-7-5-6-9-18-32-19-10-8-11-20-32/h8,10-11,13-14,16-17,19-22,26-29H,4-7,9,12,15,18,23-25H2,1-3H3,(H,41,43). The van der Waals surface area contributed by atoms with E-state index in [4.69, 9.17) is 9.47 Å². The summed E-state index contributed by atoms with van der Waals surface area (Å²) < 4.78 is 11.5. The van der Waals surface area contributed by atoms with E-state index in [2.05, 4.69) is 73.8 Å². The van der Waals surface area contributed by atoms with Crippen molar-refractivity contribution in [2.24, 2.45) is 0 Å². The zero-order valence-corrected chi connectivity index (χ0v) is 27.1. The molecule has 5 nitrogen and oxygen atoms in total. The van der Waals surface area contributed by atoms with E-state index < -0.39 is 0 Å². The van der Waals surface area contributed by atoms with Gasteiger partial charge in [-0.05, 0) is 75.3 Å². The van der Waals surface area contributed by atoms with Gasteiger partial charge in [-0.2, -0.15) is 0 Å². The summed E-state index contributed by atoms with van der Waals surface area (Å²) in [7, 11) is 0. The number of amides is 1. The zero-order chi connectivity index (χ0) is 31.9. The SMILES string of the molecule is CCOC(=O)CCCOc1c(-c2cccc(C)c2)cc(C(=O)NCCCCCCCc2ccccc2)cc1-c1cccc(C)c1. The van der Waals surface area contributed by atoms with E-state index in [9.17, 15) is 9.59 Å². The van der Waals surface area contributed by atoms with E-state index in [1.54, 1.807) is 0 Å². The molecule has 1 amide bonds. The van der Waals surface area contributed by atoms with Gasteiger partial charge in [0, 0.05) is 29.7 Å². The molecule has 0 bridgehead atoms. The van der Waals surface area contributed by atoms with Crippen LogP contribution in [0.2, 0.25) is 0 Å². The van der Waals surface area contributed by atoms with Crippen molar-refractivity contribution in [3.8, 4) is 28.0 Å². The highest BCUT2D eigenvalue weighted by Crippen LogP contribution is 2.41. The van der Waals surface area contributed by atoms with Gasteiger partial charge in [0.2, 0.25) is 0 Å². The Bertz CT molecular complexity index is 1460. The lowest BCUT2D eigenvalue weighted by Crippen LogP contribution is -2.24. The Morgan fingerprint density at radius 3 is 1.93 bits per heavy atom. The fourth-order valence-electron chi connectivity index (χ4n) is 5.53. The van der Waals surface area contributed by atoms with Crippen LogP contribution in [0, 0.1) is 13.8 Å². The highest BCUT2D eigenvalue weighted by molar-refractivity contribution is 5.99. The number of hydrogen-bond acceptors (Lipinski definition) is 4. The first-order valence-corrected chi connectivity index (χ1v) is 16.4. The Morgan fingerprint density at radius 1 is 0.689 bits per heavy atom. The maximum absolute atomic E-state index is 13.5. The summed E-state index contributed by atoms with van der Waals surface area (Å²) in [6.07, 6.45) is 7.55. The molecule has 0 atom stereocenters. The molecular weight excluding hydrogens is 558 g/mol. The average molecular weight is 606 g/mol. The van der Waals surface area contributed by atoms with Crippen LogP contribution in [0.1, 0.15) is 78.9 Å². The topological polar surface area (TPSA) is 64.6 Å². The molecule has 5 heteroatoms. The maximum Gasteiger partial charge on any atom is 0.305 e. The van der Waals surface area contributed by atoms with Gasteiger partial charge in [-0.15, -0.1) is 0 Å². The Kier molecular flexibility index (Phi) is 13.3. The van der Waals surface area contributed by atoms with E-state index in [1.807, 2.05) is 43.3 Å². The predicted molar refractivity (Wildman–Crippen MR) is 184 cm³/mol. The largest absolute Gasteiger partial charge is 0.492 e. The first kappa shape index (κ1) is 33.5. The van der Waals surface area contributed by atoms with Crippen molar-refractivity contribution in [3.05, 3.63) is 113 Å². The summed E-state index contributed by atoms with van der Waals surface area (Å²) in [5.41, 5.74) is 7.92. The van der Waals surface area contributed by atoms with Gasteiger partial charge in [-0.1, -0.05) is 109 Å². The minimum absolute atomic E-state index is 0.0873. The van der Waals surface area contributed by atoms with Crippen LogP contribution in [0.5, 0.6) is 5.75 Å². The molecular formula is C40H47NO4. The van der Waals surface area contributed by atoms with Crippen molar-refractivity contribution < 1.29 is 19.1 Å². The molecule has 4 aromatic rings. The Balaban J connectivity index is 1.49. The van der Waals surface area contributed by atoms with Crippen molar-refractivity contribution in [2.75, 3.05) is 19.8 Å². The van der Waals surface area contributed by atoms with Gasteiger partial charge in [0.1, 0.15) is 5.75 Å². The summed E-state index contributed by atoms with van der Waals surface area (Å²) in [5.74, 6) is 0.399. The monoisotopic (exact) mass is 605 g/mol. The lowest BCUT2D eigenvalue weighted by atomic mass is 9.93. The molecule has 0 aliphatic heterocycles. The highest BCUT2D eigenvalue weighted by Gasteiger charge is 2.19. The second kappa shape index (κ2) is 17.8. The minimum Gasteiger partial charge on any atom is -0.492 e. The van der Waals surface area contributed by atoms with Crippen LogP contribution in [0.3, 0.4) is 0 Å². The number of aryl methyl sites for hydroxylation is 3. The molecule has 0 radical (unpaired) electrons. The van der Waals surface area contributed by atoms with E-state index in [-0.39, 0.29) is 11.9 Å². The summed E-state index contributed by atoms with van der Waals surface area (Å²) >= 11 is 0. The van der Waals surface area contributed by atoms with Crippen LogP contribution in [-0.4, -0.2) is 31.6 Å². The number of esters is 1. The van der Waals surface area contributed by atoms with Crippen molar-refractivity contribution in [2.45, 2.75) is 72.1 Å². The van der Waals surface area contributed by atoms with Crippen molar-refractivity contribution in [1.29, 1.82) is 0 Å². The molecule has 0 aromatic heterocycles. The van der Waals surface area contributed by atoms with Gasteiger partial charge in [0.25, 0.3) is 5.91 Å². The molecule has 4 aromatic carbocycles. The molecule has 0 saturated carbocycles. The number of carbonyl (C=O) groups excluding carboxylic acids is 2. The van der Waals surface area contributed by atoms with Crippen LogP contribution < -0.4 is 10.1 Å². The molecule has 0 unspecified atom stereocenters. The van der Waals surface area contributed by atoms with E-state index in [1.165, 1.54) is 24.8 Å². The Hall–Kier alpha value is -4.38. The number of ether oxygens (including phenoxy) is 2. The van der Waals surface area contributed by atoms with Crippen molar-refractivity contribution in [1.82, 2.24) is 5.32 Å². The number of nitrogens with one attached hydrogen (secondary N) is 1. The number of carbonyl (C=O) groups is 2. The third-order valence-electron chi connectivity index (χ3n) is 7.86. The zero-order valence-electron chi connectivity index (χ0n) is 27.1. The molecule has 0 aliphatic carbocycles. The lowest BCUT2D eigenvalue weighted by Gasteiger charge is -2.19. The average Bonchev–Trinajstić information content (AvgIpc) is 3.04. The summed E-state index contributed by atoms with van der Waals surface area (Å²) in [4.78, 5) is 25.5. The molecule has 45 heavy (non-hydrogen) atoms. The maximum atomic E-state index is 13.5. The van der Waals surface area contributed by atoms with Crippen LogP contribution in [0.15, 0.2) is 91.0 Å². The van der Waals surface area contributed by atoms with Gasteiger partial charge in [-0.3, -0.25) is 9.59 Å². The first-order valence-electron chi connectivity index (χ1n) is 16.4. The van der Waals surface area contributed by atoms with E-state index >= 15 is 0 Å². The van der Waals surface area contributed by atoms with Crippen LogP contribution >= 0.6 is 0 Å². The van der Waals surface area contributed by atoms with Gasteiger partial charge in [0.05, 0.1) is 13.2 Å². The second-order valence-electron chi connectivity index (χ2n) is 11.7. The number of benzene rings is 4. The van der Waals surface area contributed by atoms with Crippen LogP contribution in [0.25, 0.3) is 22.3 Å². The normalized spacial score (nSPS) is 10.8. The predicted octanol–water partition coefficient (Wildman–Crippen LogP) is 9.28. The fraction of sp³-hybridized carbons (Fsp3) is 0.350. The lowest BCUT2D eigenvalue weighted by molar-refractivity contribution is -0.143. The quantitative estimate of drug-likeness (QED) is 0.0962.